The van der Waals surface area contributed by atoms with Crippen LogP contribution in [0.1, 0.15) is 44.1 Å². The van der Waals surface area contributed by atoms with E-state index in [9.17, 15) is 9.18 Å². The number of aryl methyl sites for hydroxylation is 1. The Balaban J connectivity index is 0.000000913. The smallest absolute Gasteiger partial charge is 0.410 e. The van der Waals surface area contributed by atoms with Gasteiger partial charge in [-0.05, 0) is 68.5 Å². The van der Waals surface area contributed by atoms with E-state index in [1.54, 1.807) is 24.0 Å². The molecular weight excluding hydrogens is 413 g/mol. The second kappa shape index (κ2) is 10.2. The van der Waals surface area contributed by atoms with Crippen molar-refractivity contribution in [1.29, 1.82) is 5.41 Å². The summed E-state index contributed by atoms with van der Waals surface area (Å²) < 4.78 is 25.2. The Hall–Kier alpha value is -3.51. The van der Waals surface area contributed by atoms with Gasteiger partial charge in [-0.3, -0.25) is 0 Å². The third kappa shape index (κ3) is 5.39. The molecule has 0 atom stereocenters. The van der Waals surface area contributed by atoms with E-state index in [-0.39, 0.29) is 23.9 Å². The van der Waals surface area contributed by atoms with Gasteiger partial charge in [0.15, 0.2) is 11.5 Å². The first-order valence-electron chi connectivity index (χ1n) is 10.5. The lowest BCUT2D eigenvalue weighted by molar-refractivity contribution is 0.0681. The Morgan fingerprint density at radius 3 is 2.47 bits per heavy atom. The molecule has 3 aromatic rings. The van der Waals surface area contributed by atoms with Crippen LogP contribution in [0, 0.1) is 18.2 Å². The number of likely N-dealkylation sites (tertiary alicyclic amines) is 1. The van der Waals surface area contributed by atoms with Crippen molar-refractivity contribution in [3.63, 3.8) is 0 Å². The van der Waals surface area contributed by atoms with E-state index in [1.807, 2.05) is 38.1 Å². The predicted molar refractivity (Wildman–Crippen MR) is 118 cm³/mol. The first-order chi connectivity index (χ1) is 15.3. The summed E-state index contributed by atoms with van der Waals surface area (Å²) in [6.45, 7) is 6.70. The largest absolute Gasteiger partial charge is 0.447 e. The zero-order valence-corrected chi connectivity index (χ0v) is 18.4. The van der Waals surface area contributed by atoms with Crippen LogP contribution in [-0.2, 0) is 9.53 Å². The highest BCUT2D eigenvalue weighted by atomic mass is 19.1. The van der Waals surface area contributed by atoms with Crippen LogP contribution < -0.4 is 0 Å². The number of ether oxygens (including phenoxy) is 1. The van der Waals surface area contributed by atoms with Crippen LogP contribution in [0.4, 0.5) is 9.18 Å². The number of isocyanates is 1. The van der Waals surface area contributed by atoms with Crippen molar-refractivity contribution in [2.45, 2.75) is 45.6 Å². The van der Waals surface area contributed by atoms with E-state index in [0.717, 1.165) is 41.1 Å². The second-order valence-electron chi connectivity index (χ2n) is 7.99. The molecule has 1 fully saturated rings. The van der Waals surface area contributed by atoms with Gasteiger partial charge in [-0.2, -0.15) is 0 Å². The van der Waals surface area contributed by atoms with Gasteiger partial charge < -0.3 is 14.1 Å². The molecule has 1 saturated heterocycles. The Kier molecular flexibility index (Phi) is 7.38. The normalized spacial score (nSPS) is 14.1. The van der Waals surface area contributed by atoms with Crippen LogP contribution in [0.5, 0.6) is 0 Å². The summed E-state index contributed by atoms with van der Waals surface area (Å²) in [7, 11) is 0. The number of halogens is 1. The topological polar surface area (TPSA) is 96.5 Å². The lowest BCUT2D eigenvalue weighted by Gasteiger charge is -2.30. The number of hydrogen-bond acceptors (Lipinski definition) is 6. The van der Waals surface area contributed by atoms with Crippen LogP contribution >= 0.6 is 0 Å². The summed E-state index contributed by atoms with van der Waals surface area (Å²) in [6.07, 6.45) is 1.95. The molecule has 2 aromatic carbocycles. The molecule has 168 valence electrons. The summed E-state index contributed by atoms with van der Waals surface area (Å²) in [5.41, 5.74) is 3.83. The number of piperidine rings is 1. The van der Waals surface area contributed by atoms with Gasteiger partial charge in [0.2, 0.25) is 6.08 Å². The maximum Gasteiger partial charge on any atom is 0.410 e. The van der Waals surface area contributed by atoms with E-state index in [0.29, 0.717) is 24.5 Å². The number of fused-ring (bicyclic) bond motifs is 1. The Morgan fingerprint density at radius 1 is 1.22 bits per heavy atom. The fourth-order valence-electron chi connectivity index (χ4n) is 3.66. The van der Waals surface area contributed by atoms with Crippen molar-refractivity contribution >= 4 is 23.3 Å². The van der Waals surface area contributed by atoms with Crippen molar-refractivity contribution in [1.82, 2.24) is 9.88 Å². The first kappa shape index (κ1) is 23.2. The minimum absolute atomic E-state index is 0.117. The van der Waals surface area contributed by atoms with Crippen molar-refractivity contribution in [2.75, 3.05) is 13.1 Å². The van der Waals surface area contributed by atoms with Gasteiger partial charge in [0.05, 0.1) is 6.10 Å². The molecule has 7 nitrogen and oxygen atoms in total. The highest BCUT2D eigenvalue weighted by Gasteiger charge is 2.28. The van der Waals surface area contributed by atoms with Gasteiger partial charge in [0.1, 0.15) is 11.3 Å². The van der Waals surface area contributed by atoms with Gasteiger partial charge in [-0.1, -0.05) is 18.2 Å². The maximum atomic E-state index is 13.9. The molecule has 0 spiro atoms. The minimum atomic E-state index is -0.258. The van der Waals surface area contributed by atoms with E-state index in [1.165, 1.54) is 0 Å². The van der Waals surface area contributed by atoms with Gasteiger partial charge in [0, 0.05) is 19.0 Å². The zero-order chi connectivity index (χ0) is 23.3. The number of rotatable bonds is 3. The summed E-state index contributed by atoms with van der Waals surface area (Å²) >= 11 is 0. The molecule has 0 aliphatic carbocycles. The third-order valence-electron chi connectivity index (χ3n) is 5.35. The summed E-state index contributed by atoms with van der Waals surface area (Å²) in [5.74, 6) is 0.654. The van der Waals surface area contributed by atoms with E-state index >= 15 is 0 Å². The van der Waals surface area contributed by atoms with Gasteiger partial charge in [-0.25, -0.2) is 24.4 Å². The molecule has 2 heterocycles. The molecule has 32 heavy (non-hydrogen) atoms. The predicted octanol–water partition coefficient (Wildman–Crippen LogP) is 5.57. The molecular formula is C24H26FN3O4. The van der Waals surface area contributed by atoms with Crippen molar-refractivity contribution in [3.05, 3.63) is 53.7 Å². The van der Waals surface area contributed by atoms with Gasteiger partial charge in [-0.15, -0.1) is 0 Å². The highest BCUT2D eigenvalue weighted by molar-refractivity contribution is 5.80. The van der Waals surface area contributed by atoms with Crippen LogP contribution in [-0.4, -0.2) is 41.3 Å². The number of amides is 1. The fraction of sp³-hybridized carbons (Fsp3) is 0.375. The SMILES string of the molecule is Cc1ccc(-c2ccc3oc(C4CCN(C(=O)OC(C)C)CC4)nc3c2)cc1F.N=C=O. The number of hydrogen-bond donors (Lipinski definition) is 1. The van der Waals surface area contributed by atoms with Crippen molar-refractivity contribution in [3.8, 4) is 11.1 Å². The van der Waals surface area contributed by atoms with E-state index in [4.69, 9.17) is 19.4 Å². The van der Waals surface area contributed by atoms with Crippen molar-refractivity contribution in [2.24, 2.45) is 0 Å². The van der Waals surface area contributed by atoms with E-state index < -0.39 is 0 Å². The Labute approximate surface area is 185 Å². The van der Waals surface area contributed by atoms with Crippen LogP contribution in [0.2, 0.25) is 0 Å². The summed E-state index contributed by atoms with van der Waals surface area (Å²) in [4.78, 5) is 26.8. The standard InChI is InChI=1S/C23H25FN2O3.CHNO/c1-14(2)28-23(27)26-10-8-16(9-11-26)22-25-20-13-18(6-7-21(20)29-22)17-5-4-15(3)19(24)12-17;2-1-3/h4-7,12-14,16H,8-11H2,1-3H3;2H. The number of benzene rings is 2. The summed E-state index contributed by atoms with van der Waals surface area (Å²) in [6, 6.07) is 11.0. The van der Waals surface area contributed by atoms with E-state index in [2.05, 4.69) is 4.98 Å². The number of oxazole rings is 1. The molecule has 0 saturated carbocycles. The quantitative estimate of drug-likeness (QED) is 0.425. The fourth-order valence-corrected chi connectivity index (χ4v) is 3.66. The Bertz CT molecular complexity index is 1130. The van der Waals surface area contributed by atoms with Crippen molar-refractivity contribution < 1.29 is 23.1 Å². The molecule has 1 aliphatic rings. The molecule has 0 bridgehead atoms. The third-order valence-corrected chi connectivity index (χ3v) is 5.35. The summed E-state index contributed by atoms with van der Waals surface area (Å²) in [5, 5.41) is 5.40. The first-order valence-corrected chi connectivity index (χ1v) is 10.5. The molecule has 1 aliphatic heterocycles. The molecule has 1 N–H and O–H groups in total. The average molecular weight is 439 g/mol. The molecule has 8 heteroatoms. The lowest BCUT2D eigenvalue weighted by Crippen LogP contribution is -2.39. The van der Waals surface area contributed by atoms with Crippen LogP contribution in [0.25, 0.3) is 22.2 Å². The van der Waals surface area contributed by atoms with Crippen LogP contribution in [0.3, 0.4) is 0 Å². The number of aromatic nitrogens is 1. The highest BCUT2D eigenvalue weighted by Crippen LogP contribution is 2.32. The number of carbonyl (C=O) groups excluding carboxylic acids is 2. The number of nitrogens with one attached hydrogen (secondary N) is 1. The molecule has 4 rings (SSSR count). The maximum absolute atomic E-state index is 13.9. The average Bonchev–Trinajstić information content (AvgIpc) is 3.19. The van der Waals surface area contributed by atoms with Crippen LogP contribution in [0.15, 0.2) is 40.8 Å². The number of carbonyl (C=O) groups is 1. The minimum Gasteiger partial charge on any atom is -0.447 e. The monoisotopic (exact) mass is 439 g/mol. The molecule has 1 aromatic heterocycles. The van der Waals surface area contributed by atoms with Gasteiger partial charge >= 0.3 is 6.09 Å². The second-order valence-corrected chi connectivity index (χ2v) is 7.99. The molecule has 1 amide bonds. The van der Waals surface area contributed by atoms with Gasteiger partial charge in [0.25, 0.3) is 0 Å². The Morgan fingerprint density at radius 2 is 1.84 bits per heavy atom. The lowest BCUT2D eigenvalue weighted by atomic mass is 9.97. The zero-order valence-electron chi connectivity index (χ0n) is 18.4. The molecule has 0 unspecified atom stereocenters. The number of nitrogens with zero attached hydrogens (tertiary/aromatic N) is 2. The molecule has 0 radical (unpaired) electrons.